The monoisotopic (exact) mass is 554 g/mol. The first-order chi connectivity index (χ1) is 15.0. The van der Waals surface area contributed by atoms with Crippen LogP contribution in [0.4, 0.5) is 0 Å². The van der Waals surface area contributed by atoms with Crippen LogP contribution in [0.2, 0.25) is 44.3 Å². The molecule has 4 radical (unpaired) electrons. The van der Waals surface area contributed by atoms with Crippen molar-refractivity contribution in [2.75, 3.05) is 0 Å². The van der Waals surface area contributed by atoms with Crippen LogP contribution in [-0.4, -0.2) is 61.2 Å². The van der Waals surface area contributed by atoms with Gasteiger partial charge in [-0.1, -0.05) is 144 Å². The minimum absolute atomic E-state index is 0.435. The predicted octanol–water partition coefficient (Wildman–Crippen LogP) is 8.25. The zero-order valence-electron chi connectivity index (χ0n) is 25.2. The smallest absolute Gasteiger partial charge is 0.262 e. The van der Waals surface area contributed by atoms with Crippen LogP contribution in [0.25, 0.3) is 0 Å². The van der Waals surface area contributed by atoms with Gasteiger partial charge in [0.2, 0.25) is 0 Å². The number of rotatable bonds is 14. The summed E-state index contributed by atoms with van der Waals surface area (Å²) in [6, 6.07) is 0. The van der Waals surface area contributed by atoms with Gasteiger partial charge >= 0.3 is 0 Å². The highest BCUT2D eigenvalue weighted by Gasteiger charge is 2.49. The molecule has 0 saturated carbocycles. The molecule has 0 spiro atoms. The van der Waals surface area contributed by atoms with Crippen LogP contribution < -0.4 is 0 Å². The molecular weight excluding hydrogens is 497 g/mol. The summed E-state index contributed by atoms with van der Waals surface area (Å²) in [5, 5.41) is 5.62. The highest BCUT2D eigenvalue weighted by atomic mass is 29.2. The number of hydrogen-bond donors (Lipinski definition) is 0. The second-order valence-electron chi connectivity index (χ2n) is 12.6. The molecule has 0 fully saturated rings. The van der Waals surface area contributed by atoms with Crippen LogP contribution in [0, 0.1) is 0 Å². The maximum atomic E-state index is 6.61. The summed E-state index contributed by atoms with van der Waals surface area (Å²) in [7, 11) is -2.77. The van der Waals surface area contributed by atoms with Gasteiger partial charge in [0, 0.05) is 0 Å². The summed E-state index contributed by atoms with van der Waals surface area (Å²) in [6.07, 6.45) is 0. The third-order valence-electron chi connectivity index (χ3n) is 8.02. The Morgan fingerprint density at radius 1 is 0.455 bits per heavy atom. The molecular formula is C26H58OSi6. The van der Waals surface area contributed by atoms with Crippen molar-refractivity contribution < 1.29 is 4.12 Å². The van der Waals surface area contributed by atoms with Gasteiger partial charge in [-0.3, -0.25) is 0 Å². The van der Waals surface area contributed by atoms with E-state index in [0.29, 0.717) is 18.8 Å². The summed E-state index contributed by atoms with van der Waals surface area (Å²) in [4.78, 5) is 0. The second-order valence-corrected chi connectivity index (χ2v) is 39.7. The zero-order chi connectivity index (χ0) is 26.3. The molecule has 0 rings (SSSR count). The van der Waals surface area contributed by atoms with E-state index in [2.05, 4.69) is 121 Å². The van der Waals surface area contributed by atoms with E-state index >= 15 is 0 Å². The van der Waals surface area contributed by atoms with Crippen molar-refractivity contribution in [2.24, 2.45) is 0 Å². The quantitative estimate of drug-likeness (QED) is 0.196. The van der Waals surface area contributed by atoms with Gasteiger partial charge in [-0.05, 0) is 22.2 Å². The topological polar surface area (TPSA) is 9.23 Å². The first-order valence-corrected chi connectivity index (χ1v) is 25.4. The van der Waals surface area contributed by atoms with Crippen LogP contribution >= 0.6 is 0 Å². The molecule has 0 aliphatic carbocycles. The van der Waals surface area contributed by atoms with Gasteiger partial charge in [-0.2, -0.15) is 0 Å². The zero-order valence-corrected chi connectivity index (χ0v) is 31.2. The van der Waals surface area contributed by atoms with Gasteiger partial charge in [0.1, 0.15) is 0 Å². The van der Waals surface area contributed by atoms with Crippen LogP contribution in [-0.2, 0) is 4.12 Å². The molecule has 0 unspecified atom stereocenters. The normalized spacial score (nSPS) is 14.7. The van der Waals surface area contributed by atoms with Crippen molar-refractivity contribution in [3.8, 4) is 0 Å². The molecule has 7 heteroatoms. The molecule has 192 valence electrons. The lowest BCUT2D eigenvalue weighted by molar-refractivity contribution is 0.681. The van der Waals surface area contributed by atoms with Crippen LogP contribution in [0.3, 0.4) is 0 Å². The van der Waals surface area contributed by atoms with E-state index in [1.165, 1.54) is 0 Å². The SMILES string of the molecule is CC(C)[Si](C(C)C)[Si](C=[Si]O[Si]=C[Si](C(C)C)(C(C)C)[Si](C(C)C)C(C)C)(C(C)C)C(C)C. The molecule has 1 nitrogen and oxygen atoms in total. The lowest BCUT2D eigenvalue weighted by Gasteiger charge is -2.47. The summed E-state index contributed by atoms with van der Waals surface area (Å²) >= 11 is 0. The molecule has 0 saturated heterocycles. The molecule has 0 heterocycles. The van der Waals surface area contributed by atoms with Crippen molar-refractivity contribution in [3.05, 3.63) is 0 Å². The van der Waals surface area contributed by atoms with E-state index < -0.39 is 31.8 Å². The van der Waals surface area contributed by atoms with E-state index in [9.17, 15) is 0 Å². The van der Waals surface area contributed by atoms with Gasteiger partial charge in [-0.25, -0.2) is 0 Å². The first kappa shape index (κ1) is 33.8. The fraction of sp³-hybridized carbons (Fsp3) is 0.923. The molecule has 0 aromatic rings. The lowest BCUT2D eigenvalue weighted by atomic mass is 10.5. The van der Waals surface area contributed by atoms with Gasteiger partial charge in [-0.15, -0.1) is 0 Å². The third kappa shape index (κ3) is 7.91. The molecule has 0 aromatic carbocycles. The Hall–Kier alpha value is 0.841. The maximum Gasteiger partial charge on any atom is 0.262 e. The fourth-order valence-electron chi connectivity index (χ4n) is 7.12. The Balaban J connectivity index is 6.25. The van der Waals surface area contributed by atoms with Gasteiger partial charge in [0.25, 0.3) is 18.8 Å². The summed E-state index contributed by atoms with van der Waals surface area (Å²) in [5.74, 6) is 0. The number of hydrogen-bond acceptors (Lipinski definition) is 1. The Kier molecular flexibility index (Phi) is 14.9. The standard InChI is InChI=1S/C26H58OSi6/c1-19(2)30(20(3)4)32(23(9)10,24(11)12)17-28-27-29-18-33(25(13)14,26(15)16)31(21(5)6)22(7)8/h17-26H,1-16H3. The lowest BCUT2D eigenvalue weighted by Crippen LogP contribution is -2.61. The van der Waals surface area contributed by atoms with Gasteiger partial charge in [0.05, 0.1) is 31.8 Å². The average Bonchev–Trinajstić information content (AvgIpc) is 2.62. The largest absolute Gasteiger partial charge is 0.576 e. The van der Waals surface area contributed by atoms with E-state index in [-0.39, 0.29) is 0 Å². The molecule has 0 aliphatic heterocycles. The Morgan fingerprint density at radius 2 is 0.667 bits per heavy atom. The van der Waals surface area contributed by atoms with E-state index in [0.717, 1.165) is 44.3 Å². The van der Waals surface area contributed by atoms with Crippen LogP contribution in [0.5, 0.6) is 0 Å². The highest BCUT2D eigenvalue weighted by Crippen LogP contribution is 2.42. The Bertz CT molecular complexity index is 524. The second kappa shape index (κ2) is 14.5. The van der Waals surface area contributed by atoms with Crippen molar-refractivity contribution in [1.82, 2.24) is 0 Å². The minimum Gasteiger partial charge on any atom is -0.576 e. The molecule has 0 amide bonds. The highest BCUT2D eigenvalue weighted by molar-refractivity contribution is 7.48. The minimum atomic E-state index is -1.53. The molecule has 0 atom stereocenters. The molecule has 0 aromatic heterocycles. The predicted molar refractivity (Wildman–Crippen MR) is 169 cm³/mol. The molecule has 33 heavy (non-hydrogen) atoms. The Morgan fingerprint density at radius 3 is 0.818 bits per heavy atom. The molecule has 0 N–H and O–H groups in total. The van der Waals surface area contributed by atoms with Crippen molar-refractivity contribution in [2.45, 2.75) is 155 Å². The molecule has 0 bridgehead atoms. The van der Waals surface area contributed by atoms with E-state index in [1.807, 2.05) is 0 Å². The summed E-state index contributed by atoms with van der Waals surface area (Å²) in [5.41, 5.74) is 6.56. The van der Waals surface area contributed by atoms with Gasteiger partial charge in [0.15, 0.2) is 0 Å². The van der Waals surface area contributed by atoms with Crippen molar-refractivity contribution >= 4 is 61.2 Å². The van der Waals surface area contributed by atoms with Crippen molar-refractivity contribution in [1.29, 1.82) is 0 Å². The van der Waals surface area contributed by atoms with E-state index in [4.69, 9.17) is 4.12 Å². The summed E-state index contributed by atoms with van der Waals surface area (Å²) in [6.45, 7) is 40.2. The van der Waals surface area contributed by atoms with E-state index in [1.54, 1.807) is 0 Å². The molecule has 0 aliphatic rings. The summed E-state index contributed by atoms with van der Waals surface area (Å²) < 4.78 is 6.61. The van der Waals surface area contributed by atoms with Crippen LogP contribution in [0.1, 0.15) is 111 Å². The van der Waals surface area contributed by atoms with Gasteiger partial charge < -0.3 is 4.12 Å². The van der Waals surface area contributed by atoms with Crippen LogP contribution in [0.15, 0.2) is 0 Å². The fourth-order valence-corrected chi connectivity index (χ4v) is 53.2. The third-order valence-corrected chi connectivity index (χ3v) is 50.8. The maximum absolute atomic E-state index is 6.61. The Labute approximate surface area is 219 Å². The van der Waals surface area contributed by atoms with Crippen molar-refractivity contribution in [3.63, 3.8) is 0 Å². The average molecular weight is 555 g/mol. The first-order valence-electron chi connectivity index (χ1n) is 13.6.